The standard InChI is InChI=1S/C12H12ClNO5/c1-19-6-9(11(15)16)10(12(17)18)14-8-4-2-3-7(13)5-8/h2-5,9H,6H2,1H3,(H,15,16)(H,17,18). The number of carbonyl (C=O) groups is 2. The van der Waals surface area contributed by atoms with Crippen LogP contribution in [0.15, 0.2) is 29.3 Å². The smallest absolute Gasteiger partial charge is 0.351 e. The van der Waals surface area contributed by atoms with Crippen molar-refractivity contribution in [3.05, 3.63) is 29.3 Å². The highest BCUT2D eigenvalue weighted by Gasteiger charge is 2.29. The van der Waals surface area contributed by atoms with E-state index in [4.69, 9.17) is 26.6 Å². The van der Waals surface area contributed by atoms with E-state index in [9.17, 15) is 9.59 Å². The molecule has 1 aromatic rings. The maximum absolute atomic E-state index is 11.1. The van der Waals surface area contributed by atoms with Crippen LogP contribution in [0.1, 0.15) is 0 Å². The van der Waals surface area contributed by atoms with Crippen LogP contribution in [0.4, 0.5) is 5.69 Å². The molecule has 0 aromatic heterocycles. The second kappa shape index (κ2) is 6.86. The van der Waals surface area contributed by atoms with Crippen molar-refractivity contribution in [2.24, 2.45) is 10.9 Å². The van der Waals surface area contributed by atoms with Crippen molar-refractivity contribution in [3.63, 3.8) is 0 Å². The van der Waals surface area contributed by atoms with Crippen molar-refractivity contribution in [2.45, 2.75) is 0 Å². The van der Waals surface area contributed by atoms with Gasteiger partial charge in [-0.25, -0.2) is 9.79 Å². The Bertz CT molecular complexity index is 515. The van der Waals surface area contributed by atoms with Crippen LogP contribution in [0.3, 0.4) is 0 Å². The first-order valence-corrected chi connectivity index (χ1v) is 5.62. The van der Waals surface area contributed by atoms with Gasteiger partial charge in [-0.2, -0.15) is 0 Å². The summed E-state index contributed by atoms with van der Waals surface area (Å²) >= 11 is 5.75. The SMILES string of the molecule is COCC(C(=O)O)C(=Nc1cccc(Cl)c1)C(=O)O. The van der Waals surface area contributed by atoms with E-state index in [1.54, 1.807) is 12.1 Å². The molecule has 0 bridgehead atoms. The number of hydrogen-bond donors (Lipinski definition) is 2. The van der Waals surface area contributed by atoms with E-state index in [1.807, 2.05) is 0 Å². The van der Waals surface area contributed by atoms with Crippen LogP contribution < -0.4 is 0 Å². The van der Waals surface area contributed by atoms with Crippen LogP contribution in [0.25, 0.3) is 0 Å². The largest absolute Gasteiger partial charge is 0.481 e. The molecule has 0 fully saturated rings. The molecular formula is C12H12ClNO5. The maximum atomic E-state index is 11.1. The van der Waals surface area contributed by atoms with Crippen molar-refractivity contribution < 1.29 is 24.5 Å². The molecule has 2 N–H and O–H groups in total. The summed E-state index contributed by atoms with van der Waals surface area (Å²) < 4.78 is 4.71. The lowest BCUT2D eigenvalue weighted by atomic mass is 10.0. The molecule has 7 heteroatoms. The summed E-state index contributed by atoms with van der Waals surface area (Å²) in [5.41, 5.74) is -0.233. The van der Waals surface area contributed by atoms with Gasteiger partial charge in [0, 0.05) is 12.1 Å². The molecule has 0 aliphatic heterocycles. The lowest BCUT2D eigenvalue weighted by Crippen LogP contribution is -2.33. The Morgan fingerprint density at radius 3 is 2.58 bits per heavy atom. The normalized spacial score (nSPS) is 13.1. The number of aliphatic imine (C=N–C) groups is 1. The average Bonchev–Trinajstić information content (AvgIpc) is 2.33. The van der Waals surface area contributed by atoms with Gasteiger partial charge in [0.1, 0.15) is 11.6 Å². The van der Waals surface area contributed by atoms with E-state index in [1.165, 1.54) is 19.2 Å². The molecule has 1 rings (SSSR count). The Kier molecular flexibility index (Phi) is 5.47. The highest BCUT2D eigenvalue weighted by atomic mass is 35.5. The van der Waals surface area contributed by atoms with Crippen molar-refractivity contribution in [3.8, 4) is 0 Å². The van der Waals surface area contributed by atoms with Gasteiger partial charge < -0.3 is 14.9 Å². The Morgan fingerprint density at radius 2 is 2.11 bits per heavy atom. The molecule has 1 atom stereocenters. The minimum atomic E-state index is -1.41. The summed E-state index contributed by atoms with van der Waals surface area (Å²) in [4.78, 5) is 26.0. The molecule has 0 saturated carbocycles. The van der Waals surface area contributed by atoms with Gasteiger partial charge in [0.25, 0.3) is 0 Å². The van der Waals surface area contributed by atoms with Crippen molar-refractivity contribution >= 4 is 34.9 Å². The third-order valence-corrected chi connectivity index (χ3v) is 2.47. The van der Waals surface area contributed by atoms with Gasteiger partial charge in [0.2, 0.25) is 0 Å². The third kappa shape index (κ3) is 4.35. The number of carboxylic acid groups (broad SMARTS) is 2. The summed E-state index contributed by atoms with van der Waals surface area (Å²) in [5, 5.41) is 18.5. The van der Waals surface area contributed by atoms with Crippen molar-refractivity contribution in [2.75, 3.05) is 13.7 Å². The van der Waals surface area contributed by atoms with Crippen LogP contribution in [0, 0.1) is 5.92 Å². The third-order valence-electron chi connectivity index (χ3n) is 2.24. The van der Waals surface area contributed by atoms with Gasteiger partial charge in [-0.15, -0.1) is 0 Å². The second-order valence-electron chi connectivity index (χ2n) is 3.63. The highest BCUT2D eigenvalue weighted by Crippen LogP contribution is 2.19. The first-order valence-electron chi connectivity index (χ1n) is 5.25. The van der Waals surface area contributed by atoms with Crippen LogP contribution in [-0.4, -0.2) is 41.6 Å². The maximum Gasteiger partial charge on any atom is 0.351 e. The van der Waals surface area contributed by atoms with E-state index in [0.29, 0.717) is 5.02 Å². The van der Waals surface area contributed by atoms with Gasteiger partial charge in [-0.05, 0) is 18.2 Å². The molecule has 0 amide bonds. The predicted octanol–water partition coefficient (Wildman–Crippen LogP) is 1.84. The molecule has 1 unspecified atom stereocenters. The summed E-state index contributed by atoms with van der Waals surface area (Å²) in [5.74, 6) is -4.07. The monoisotopic (exact) mass is 285 g/mol. The van der Waals surface area contributed by atoms with Crippen LogP contribution in [0.5, 0.6) is 0 Å². The van der Waals surface area contributed by atoms with E-state index < -0.39 is 23.6 Å². The first kappa shape index (κ1) is 15.1. The van der Waals surface area contributed by atoms with Gasteiger partial charge in [0.15, 0.2) is 0 Å². The number of halogens is 1. The van der Waals surface area contributed by atoms with Gasteiger partial charge in [-0.1, -0.05) is 17.7 Å². The van der Waals surface area contributed by atoms with E-state index in [0.717, 1.165) is 0 Å². The molecular weight excluding hydrogens is 274 g/mol. The predicted molar refractivity (Wildman–Crippen MR) is 69.2 cm³/mol. The quantitative estimate of drug-likeness (QED) is 0.778. The fraction of sp³-hybridized carbons (Fsp3) is 0.250. The number of benzene rings is 1. The number of ether oxygens (including phenoxy) is 1. The first-order chi connectivity index (χ1) is 8.95. The summed E-state index contributed by atoms with van der Waals surface area (Å²) in [6.07, 6.45) is 0. The van der Waals surface area contributed by atoms with Gasteiger partial charge >= 0.3 is 11.9 Å². The van der Waals surface area contributed by atoms with Gasteiger partial charge in [0.05, 0.1) is 12.3 Å². The Hall–Kier alpha value is -1.92. The zero-order valence-corrected chi connectivity index (χ0v) is 10.8. The lowest BCUT2D eigenvalue weighted by Gasteiger charge is -2.11. The van der Waals surface area contributed by atoms with Crippen molar-refractivity contribution in [1.29, 1.82) is 0 Å². The minimum Gasteiger partial charge on any atom is -0.481 e. The topological polar surface area (TPSA) is 96.2 Å². The molecule has 19 heavy (non-hydrogen) atoms. The lowest BCUT2D eigenvalue weighted by molar-refractivity contribution is -0.142. The van der Waals surface area contributed by atoms with Gasteiger partial charge in [-0.3, -0.25) is 4.79 Å². The molecule has 0 heterocycles. The Morgan fingerprint density at radius 1 is 1.42 bits per heavy atom. The fourth-order valence-electron chi connectivity index (χ4n) is 1.39. The summed E-state index contributed by atoms with van der Waals surface area (Å²) in [6, 6.07) is 6.16. The minimum absolute atomic E-state index is 0.271. The number of rotatable bonds is 6. The molecule has 0 spiro atoms. The Balaban J connectivity index is 3.19. The summed E-state index contributed by atoms with van der Waals surface area (Å²) in [6.45, 7) is -0.277. The molecule has 6 nitrogen and oxygen atoms in total. The number of methoxy groups -OCH3 is 1. The summed E-state index contributed by atoms with van der Waals surface area (Å²) in [7, 11) is 1.29. The molecule has 0 aliphatic rings. The Labute approximate surface area is 114 Å². The zero-order chi connectivity index (χ0) is 14.4. The zero-order valence-electron chi connectivity index (χ0n) is 10.0. The van der Waals surface area contributed by atoms with E-state index >= 15 is 0 Å². The van der Waals surface area contributed by atoms with E-state index in [-0.39, 0.29) is 12.3 Å². The van der Waals surface area contributed by atoms with Crippen LogP contribution in [-0.2, 0) is 14.3 Å². The molecule has 0 saturated heterocycles. The molecule has 1 aromatic carbocycles. The molecule has 0 aliphatic carbocycles. The number of aliphatic carboxylic acids is 2. The molecule has 0 radical (unpaired) electrons. The van der Waals surface area contributed by atoms with Crippen molar-refractivity contribution in [1.82, 2.24) is 0 Å². The average molecular weight is 286 g/mol. The number of carboxylic acids is 2. The fourth-order valence-corrected chi connectivity index (χ4v) is 1.58. The second-order valence-corrected chi connectivity index (χ2v) is 4.06. The number of nitrogens with zero attached hydrogens (tertiary/aromatic N) is 1. The number of hydrogen-bond acceptors (Lipinski definition) is 4. The molecule has 102 valence electrons. The highest BCUT2D eigenvalue weighted by molar-refractivity contribution is 6.40. The van der Waals surface area contributed by atoms with Crippen LogP contribution in [0.2, 0.25) is 5.02 Å². The van der Waals surface area contributed by atoms with Crippen LogP contribution >= 0.6 is 11.6 Å². The van der Waals surface area contributed by atoms with E-state index in [2.05, 4.69) is 4.99 Å².